The van der Waals surface area contributed by atoms with Gasteiger partial charge < -0.3 is 20.2 Å². The second kappa shape index (κ2) is 7.36. The summed E-state index contributed by atoms with van der Waals surface area (Å²) in [4.78, 5) is 37.8. The molecular weight excluding hydrogens is 382 g/mol. The molecule has 8 nitrogen and oxygen atoms in total. The van der Waals surface area contributed by atoms with E-state index in [1.165, 1.54) is 24.2 Å². The lowest BCUT2D eigenvalue weighted by Crippen LogP contribution is -2.40. The number of rotatable bonds is 3. The van der Waals surface area contributed by atoms with Gasteiger partial charge in [-0.05, 0) is 24.5 Å². The molecule has 3 aliphatic rings. The minimum Gasteiger partial charge on any atom is -0.396 e. The lowest BCUT2D eigenvalue weighted by molar-refractivity contribution is 0.0664. The zero-order valence-electron chi connectivity index (χ0n) is 16.8. The molecule has 0 radical (unpaired) electrons. The van der Waals surface area contributed by atoms with Crippen LogP contribution in [0.2, 0.25) is 0 Å². The molecule has 2 amide bonds. The van der Waals surface area contributed by atoms with Crippen LogP contribution in [-0.4, -0.2) is 76.0 Å². The van der Waals surface area contributed by atoms with Crippen LogP contribution in [0.5, 0.6) is 0 Å². The molecule has 3 aliphatic heterocycles. The number of hydrogen-bond acceptors (Lipinski definition) is 6. The molecular formula is C22H25N5O3. The number of para-hydroxylation sites is 1. The highest BCUT2D eigenvalue weighted by molar-refractivity contribution is 6.00. The first-order chi connectivity index (χ1) is 14.6. The number of benzene rings is 1. The number of carbonyl (C=O) groups is 2. The lowest BCUT2D eigenvalue weighted by Gasteiger charge is -2.28. The third-order valence-corrected chi connectivity index (χ3v) is 6.74. The van der Waals surface area contributed by atoms with Crippen molar-refractivity contribution in [3.63, 3.8) is 0 Å². The normalized spacial score (nSPS) is 24.9. The molecule has 5 rings (SSSR count). The van der Waals surface area contributed by atoms with Crippen molar-refractivity contribution < 1.29 is 14.7 Å². The van der Waals surface area contributed by atoms with Crippen LogP contribution in [0.3, 0.4) is 0 Å². The zero-order chi connectivity index (χ0) is 20.7. The number of hydrogen-bond donors (Lipinski definition) is 2. The number of aliphatic hydroxyl groups is 1. The van der Waals surface area contributed by atoms with Crippen LogP contribution in [0.1, 0.15) is 32.8 Å². The van der Waals surface area contributed by atoms with Gasteiger partial charge in [-0.1, -0.05) is 12.1 Å². The van der Waals surface area contributed by atoms with E-state index in [-0.39, 0.29) is 24.3 Å². The minimum atomic E-state index is -0.490. The van der Waals surface area contributed by atoms with Crippen molar-refractivity contribution in [3.05, 3.63) is 53.6 Å². The van der Waals surface area contributed by atoms with Crippen molar-refractivity contribution >= 4 is 17.5 Å². The molecule has 0 saturated carbocycles. The maximum Gasteiger partial charge on any atom is 0.274 e. The average molecular weight is 407 g/mol. The van der Waals surface area contributed by atoms with E-state index in [0.29, 0.717) is 37.4 Å². The van der Waals surface area contributed by atoms with Gasteiger partial charge in [0.2, 0.25) is 0 Å². The maximum absolute atomic E-state index is 13.4. The second-order valence-corrected chi connectivity index (χ2v) is 8.55. The predicted octanol–water partition coefficient (Wildman–Crippen LogP) is 1.04. The number of fused-ring (bicyclic) bond motifs is 2. The standard InChI is InChI=1S/C22H25N5O3/c28-14-22-12-26(20(29)17-5-1-3-15-4-2-6-25-19(15)17)10-16(22)11-27(13-22)21(30)18-9-23-7-8-24-18/h1,3,5,7-9,16,25,28H,2,4,6,10-14H2/t16-,22+/m0/s1. The Morgan fingerprint density at radius 2 is 1.97 bits per heavy atom. The van der Waals surface area contributed by atoms with E-state index in [4.69, 9.17) is 0 Å². The molecule has 8 heteroatoms. The summed E-state index contributed by atoms with van der Waals surface area (Å²) < 4.78 is 0. The molecule has 2 saturated heterocycles. The molecule has 1 aromatic heterocycles. The highest BCUT2D eigenvalue weighted by Crippen LogP contribution is 2.43. The highest BCUT2D eigenvalue weighted by Gasteiger charge is 2.54. The van der Waals surface area contributed by atoms with E-state index >= 15 is 0 Å². The number of aromatic nitrogens is 2. The second-order valence-electron chi connectivity index (χ2n) is 8.55. The van der Waals surface area contributed by atoms with Gasteiger partial charge in [0.25, 0.3) is 11.8 Å². The number of amides is 2. The molecule has 4 heterocycles. The number of nitrogens with one attached hydrogen (secondary N) is 1. The third-order valence-electron chi connectivity index (χ3n) is 6.74. The SMILES string of the molecule is O=C(c1cnccn1)N1C[C@@H]2CN(C(=O)c3cccc4c3NCCC4)C[C@]2(CO)C1. The highest BCUT2D eigenvalue weighted by atomic mass is 16.3. The van der Waals surface area contributed by atoms with Crippen molar-refractivity contribution in [2.45, 2.75) is 12.8 Å². The predicted molar refractivity (Wildman–Crippen MR) is 110 cm³/mol. The zero-order valence-corrected chi connectivity index (χ0v) is 16.8. The molecule has 1 aromatic carbocycles. The molecule has 0 aliphatic carbocycles. The fraction of sp³-hybridized carbons (Fsp3) is 0.455. The van der Waals surface area contributed by atoms with E-state index in [1.807, 2.05) is 17.0 Å². The number of likely N-dealkylation sites (tertiary alicyclic amines) is 2. The Morgan fingerprint density at radius 3 is 2.67 bits per heavy atom. The van der Waals surface area contributed by atoms with E-state index in [1.54, 1.807) is 4.90 Å². The van der Waals surface area contributed by atoms with Gasteiger partial charge in [0.05, 0.1) is 24.1 Å². The van der Waals surface area contributed by atoms with Crippen LogP contribution in [-0.2, 0) is 6.42 Å². The summed E-state index contributed by atoms with van der Waals surface area (Å²) in [7, 11) is 0. The molecule has 30 heavy (non-hydrogen) atoms. The van der Waals surface area contributed by atoms with Crippen LogP contribution in [0.15, 0.2) is 36.8 Å². The Kier molecular flexibility index (Phi) is 4.66. The Labute approximate surface area is 174 Å². The summed E-state index contributed by atoms with van der Waals surface area (Å²) in [6.45, 7) is 2.72. The largest absolute Gasteiger partial charge is 0.396 e. The van der Waals surface area contributed by atoms with Gasteiger partial charge in [-0.2, -0.15) is 0 Å². The number of anilines is 1. The van der Waals surface area contributed by atoms with Gasteiger partial charge in [-0.15, -0.1) is 0 Å². The van der Waals surface area contributed by atoms with Gasteiger partial charge in [0.15, 0.2) is 0 Å². The van der Waals surface area contributed by atoms with E-state index in [0.717, 1.165) is 25.1 Å². The van der Waals surface area contributed by atoms with E-state index in [2.05, 4.69) is 21.4 Å². The summed E-state index contributed by atoms with van der Waals surface area (Å²) in [5.41, 5.74) is 2.65. The lowest BCUT2D eigenvalue weighted by atomic mass is 9.82. The molecule has 0 unspecified atom stereocenters. The van der Waals surface area contributed by atoms with Gasteiger partial charge in [0, 0.05) is 56.5 Å². The van der Waals surface area contributed by atoms with Crippen molar-refractivity contribution in [2.75, 3.05) is 44.6 Å². The van der Waals surface area contributed by atoms with Crippen LogP contribution in [0, 0.1) is 11.3 Å². The Hall–Kier alpha value is -3.00. The molecule has 2 aromatic rings. The molecule has 2 fully saturated rings. The molecule has 0 bridgehead atoms. The molecule has 2 N–H and O–H groups in total. The number of nitrogens with zero attached hydrogens (tertiary/aromatic N) is 4. The van der Waals surface area contributed by atoms with Crippen molar-refractivity contribution in [3.8, 4) is 0 Å². The van der Waals surface area contributed by atoms with Crippen molar-refractivity contribution in [2.24, 2.45) is 11.3 Å². The van der Waals surface area contributed by atoms with E-state index < -0.39 is 5.41 Å². The Bertz CT molecular complexity index is 982. The number of carbonyl (C=O) groups excluding carboxylic acids is 2. The number of aliphatic hydroxyl groups excluding tert-OH is 1. The smallest absolute Gasteiger partial charge is 0.274 e. The first kappa shape index (κ1) is 19.0. The summed E-state index contributed by atoms with van der Waals surface area (Å²) in [6, 6.07) is 5.89. The number of aryl methyl sites for hydroxylation is 1. The molecule has 2 atom stereocenters. The summed E-state index contributed by atoms with van der Waals surface area (Å²) >= 11 is 0. The average Bonchev–Trinajstić information content (AvgIpc) is 3.33. The van der Waals surface area contributed by atoms with Crippen LogP contribution in [0.25, 0.3) is 0 Å². The van der Waals surface area contributed by atoms with E-state index in [9.17, 15) is 14.7 Å². The van der Waals surface area contributed by atoms with Gasteiger partial charge in [-0.3, -0.25) is 14.6 Å². The quantitative estimate of drug-likeness (QED) is 0.789. The maximum atomic E-state index is 13.4. The fourth-order valence-corrected chi connectivity index (χ4v) is 5.14. The topological polar surface area (TPSA) is 98.7 Å². The van der Waals surface area contributed by atoms with Crippen LogP contribution < -0.4 is 5.32 Å². The summed E-state index contributed by atoms with van der Waals surface area (Å²) in [6.07, 6.45) is 6.54. The Morgan fingerprint density at radius 1 is 1.17 bits per heavy atom. The summed E-state index contributed by atoms with van der Waals surface area (Å²) in [5.74, 6) is -0.139. The monoisotopic (exact) mass is 407 g/mol. The van der Waals surface area contributed by atoms with Gasteiger partial charge in [0.1, 0.15) is 5.69 Å². The third kappa shape index (κ3) is 3.02. The fourth-order valence-electron chi connectivity index (χ4n) is 5.14. The molecule has 156 valence electrons. The summed E-state index contributed by atoms with van der Waals surface area (Å²) in [5, 5.41) is 13.6. The van der Waals surface area contributed by atoms with Crippen molar-refractivity contribution in [1.82, 2.24) is 19.8 Å². The van der Waals surface area contributed by atoms with Crippen LogP contribution >= 0.6 is 0 Å². The van der Waals surface area contributed by atoms with Crippen molar-refractivity contribution in [1.29, 1.82) is 0 Å². The van der Waals surface area contributed by atoms with Gasteiger partial charge in [-0.25, -0.2) is 4.98 Å². The molecule has 0 spiro atoms. The van der Waals surface area contributed by atoms with Crippen LogP contribution in [0.4, 0.5) is 5.69 Å². The Balaban J connectivity index is 1.34. The minimum absolute atomic E-state index is 0.00437. The first-order valence-corrected chi connectivity index (χ1v) is 10.4. The first-order valence-electron chi connectivity index (χ1n) is 10.4. The van der Waals surface area contributed by atoms with Gasteiger partial charge >= 0.3 is 0 Å².